The number of methoxy groups -OCH3 is 2. The number of amides is 2. The number of nitrogens with one attached hydrogen (secondary N) is 2. The van der Waals surface area contributed by atoms with E-state index in [1.807, 2.05) is 0 Å². The fraction of sp³-hybridized carbons (Fsp3) is 0.364. The van der Waals surface area contributed by atoms with E-state index in [-0.39, 0.29) is 0 Å². The fourth-order valence-corrected chi connectivity index (χ4v) is 1.10. The van der Waals surface area contributed by atoms with Crippen molar-refractivity contribution in [3.63, 3.8) is 0 Å². The van der Waals surface area contributed by atoms with E-state index < -0.39 is 6.03 Å². The number of hydrogen-bond donors (Lipinski definition) is 2. The summed E-state index contributed by atoms with van der Waals surface area (Å²) < 4.78 is 9.79. The molecule has 6 heteroatoms. The van der Waals surface area contributed by atoms with Crippen molar-refractivity contribution in [1.29, 1.82) is 0 Å². The number of hydroxylamine groups is 1. The van der Waals surface area contributed by atoms with Crippen LogP contribution in [0.2, 0.25) is 0 Å². The molecule has 0 aliphatic heterocycles. The van der Waals surface area contributed by atoms with Crippen molar-refractivity contribution in [1.82, 2.24) is 5.48 Å². The predicted octanol–water partition coefficient (Wildman–Crippen LogP) is 1.39. The average molecular weight is 240 g/mol. The van der Waals surface area contributed by atoms with Crippen LogP contribution in [0.5, 0.6) is 5.75 Å². The molecule has 0 saturated carbocycles. The summed E-state index contributed by atoms with van der Waals surface area (Å²) in [5.41, 5.74) is 2.85. The second-order valence-corrected chi connectivity index (χ2v) is 3.13. The van der Waals surface area contributed by atoms with Crippen LogP contribution >= 0.6 is 0 Å². The Morgan fingerprint density at radius 2 is 2.12 bits per heavy atom. The van der Waals surface area contributed by atoms with Gasteiger partial charge in [0.15, 0.2) is 0 Å². The fourth-order valence-electron chi connectivity index (χ4n) is 1.10. The first-order valence-electron chi connectivity index (χ1n) is 5.08. The van der Waals surface area contributed by atoms with Crippen LogP contribution in [-0.2, 0) is 9.57 Å². The van der Waals surface area contributed by atoms with Crippen molar-refractivity contribution in [2.24, 2.45) is 0 Å². The molecular weight excluding hydrogens is 224 g/mol. The van der Waals surface area contributed by atoms with Crippen LogP contribution in [0.3, 0.4) is 0 Å². The molecule has 0 radical (unpaired) electrons. The smallest absolute Gasteiger partial charge is 0.343 e. The Morgan fingerprint density at radius 1 is 1.29 bits per heavy atom. The molecule has 94 valence electrons. The van der Waals surface area contributed by atoms with Crippen LogP contribution in [0.25, 0.3) is 0 Å². The van der Waals surface area contributed by atoms with E-state index >= 15 is 0 Å². The minimum atomic E-state index is -0.450. The van der Waals surface area contributed by atoms with Gasteiger partial charge >= 0.3 is 6.03 Å². The molecule has 2 amide bonds. The highest BCUT2D eigenvalue weighted by Gasteiger charge is 2.02. The molecule has 0 spiro atoms. The van der Waals surface area contributed by atoms with Crippen molar-refractivity contribution in [2.75, 3.05) is 32.8 Å². The van der Waals surface area contributed by atoms with Crippen molar-refractivity contribution < 1.29 is 19.1 Å². The van der Waals surface area contributed by atoms with E-state index in [0.717, 1.165) is 0 Å². The molecule has 2 N–H and O–H groups in total. The zero-order chi connectivity index (χ0) is 12.5. The Labute approximate surface area is 99.8 Å². The van der Waals surface area contributed by atoms with Gasteiger partial charge in [0, 0.05) is 18.9 Å². The minimum Gasteiger partial charge on any atom is -0.497 e. The summed E-state index contributed by atoms with van der Waals surface area (Å²) in [7, 11) is 3.12. The Bertz CT molecular complexity index is 357. The van der Waals surface area contributed by atoms with E-state index in [2.05, 4.69) is 10.8 Å². The van der Waals surface area contributed by atoms with E-state index in [1.165, 1.54) is 0 Å². The van der Waals surface area contributed by atoms with Crippen molar-refractivity contribution >= 4 is 11.7 Å². The predicted molar refractivity (Wildman–Crippen MR) is 63.0 cm³/mol. The normalized spacial score (nSPS) is 9.76. The number of anilines is 1. The molecule has 17 heavy (non-hydrogen) atoms. The first-order valence-corrected chi connectivity index (χ1v) is 5.08. The lowest BCUT2D eigenvalue weighted by molar-refractivity contribution is 0.0272. The highest BCUT2D eigenvalue weighted by Crippen LogP contribution is 2.16. The first-order chi connectivity index (χ1) is 8.26. The summed E-state index contributed by atoms with van der Waals surface area (Å²) in [5.74, 6) is 0.670. The summed E-state index contributed by atoms with van der Waals surface area (Å²) in [6.45, 7) is 0.710. The SMILES string of the molecule is COCCONC(=O)Nc1cccc(OC)c1. The molecule has 1 rings (SSSR count). The minimum absolute atomic E-state index is 0.294. The van der Waals surface area contributed by atoms with E-state index in [0.29, 0.717) is 24.7 Å². The second kappa shape index (κ2) is 7.48. The number of urea groups is 1. The molecule has 0 aromatic heterocycles. The molecule has 0 saturated heterocycles. The number of hydrogen-bond acceptors (Lipinski definition) is 4. The molecule has 0 heterocycles. The number of carbonyl (C=O) groups is 1. The van der Waals surface area contributed by atoms with Crippen molar-refractivity contribution in [3.05, 3.63) is 24.3 Å². The quantitative estimate of drug-likeness (QED) is 0.582. The Balaban J connectivity index is 2.34. The molecule has 0 aliphatic carbocycles. The molecule has 0 bridgehead atoms. The lowest BCUT2D eigenvalue weighted by Crippen LogP contribution is -2.30. The maximum absolute atomic E-state index is 11.3. The third-order valence-electron chi connectivity index (χ3n) is 1.88. The summed E-state index contributed by atoms with van der Waals surface area (Å²) >= 11 is 0. The van der Waals surface area contributed by atoms with Gasteiger partial charge in [-0.15, -0.1) is 0 Å². The van der Waals surface area contributed by atoms with Crippen LogP contribution in [0, 0.1) is 0 Å². The largest absolute Gasteiger partial charge is 0.497 e. The lowest BCUT2D eigenvalue weighted by Gasteiger charge is -2.08. The molecule has 0 atom stereocenters. The van der Waals surface area contributed by atoms with E-state index in [1.54, 1.807) is 38.5 Å². The molecule has 0 unspecified atom stereocenters. The summed E-state index contributed by atoms with van der Waals surface area (Å²) in [6.07, 6.45) is 0. The van der Waals surface area contributed by atoms with E-state index in [4.69, 9.17) is 14.3 Å². The maximum atomic E-state index is 11.3. The average Bonchev–Trinajstić information content (AvgIpc) is 2.35. The Kier molecular flexibility index (Phi) is 5.84. The summed E-state index contributed by atoms with van der Waals surface area (Å²) in [6, 6.07) is 6.57. The molecular formula is C11H16N2O4. The topological polar surface area (TPSA) is 68.8 Å². The van der Waals surface area contributed by atoms with Gasteiger partial charge in [0.25, 0.3) is 0 Å². The van der Waals surface area contributed by atoms with Gasteiger partial charge in [-0.3, -0.25) is 4.84 Å². The molecule has 0 aliphatic rings. The molecule has 6 nitrogen and oxygen atoms in total. The standard InChI is InChI=1S/C11H16N2O4/c1-15-6-7-17-13-11(14)12-9-4-3-5-10(8-9)16-2/h3-5,8H,6-7H2,1-2H3,(H2,12,13,14). The highest BCUT2D eigenvalue weighted by molar-refractivity contribution is 5.88. The highest BCUT2D eigenvalue weighted by atomic mass is 16.7. The number of carbonyl (C=O) groups excluding carboxylic acids is 1. The van der Waals surface area contributed by atoms with Gasteiger partial charge in [0.2, 0.25) is 0 Å². The monoisotopic (exact) mass is 240 g/mol. The molecule has 1 aromatic rings. The van der Waals surface area contributed by atoms with Gasteiger partial charge in [-0.2, -0.15) is 0 Å². The van der Waals surface area contributed by atoms with Crippen LogP contribution in [0.4, 0.5) is 10.5 Å². The molecule has 1 aromatic carbocycles. The maximum Gasteiger partial charge on any atom is 0.343 e. The third kappa shape index (κ3) is 5.19. The van der Waals surface area contributed by atoms with E-state index in [9.17, 15) is 4.79 Å². The van der Waals surface area contributed by atoms with Gasteiger partial charge in [0.1, 0.15) is 5.75 Å². The zero-order valence-corrected chi connectivity index (χ0v) is 9.86. The Morgan fingerprint density at radius 3 is 2.82 bits per heavy atom. The zero-order valence-electron chi connectivity index (χ0n) is 9.86. The van der Waals surface area contributed by atoms with Gasteiger partial charge < -0.3 is 14.8 Å². The summed E-state index contributed by atoms with van der Waals surface area (Å²) in [5, 5.41) is 2.60. The van der Waals surface area contributed by atoms with Gasteiger partial charge in [0.05, 0.1) is 20.3 Å². The number of rotatable bonds is 6. The third-order valence-corrected chi connectivity index (χ3v) is 1.88. The van der Waals surface area contributed by atoms with Crippen LogP contribution in [-0.4, -0.2) is 33.5 Å². The van der Waals surface area contributed by atoms with Crippen LogP contribution in [0.1, 0.15) is 0 Å². The van der Waals surface area contributed by atoms with Crippen LogP contribution in [0.15, 0.2) is 24.3 Å². The van der Waals surface area contributed by atoms with Gasteiger partial charge in [-0.25, -0.2) is 10.3 Å². The second-order valence-electron chi connectivity index (χ2n) is 3.13. The van der Waals surface area contributed by atoms with Crippen LogP contribution < -0.4 is 15.5 Å². The first kappa shape index (κ1) is 13.3. The number of ether oxygens (including phenoxy) is 2. The molecule has 0 fully saturated rings. The van der Waals surface area contributed by atoms with Gasteiger partial charge in [-0.1, -0.05) is 6.07 Å². The Hall–Kier alpha value is -1.79. The van der Waals surface area contributed by atoms with Gasteiger partial charge in [-0.05, 0) is 12.1 Å². The summed E-state index contributed by atoms with van der Waals surface area (Å²) in [4.78, 5) is 16.2. The van der Waals surface area contributed by atoms with Crippen molar-refractivity contribution in [3.8, 4) is 5.75 Å². The lowest BCUT2D eigenvalue weighted by atomic mass is 10.3. The number of benzene rings is 1. The van der Waals surface area contributed by atoms with Crippen molar-refractivity contribution in [2.45, 2.75) is 0 Å².